The molecule has 0 radical (unpaired) electrons. The first kappa shape index (κ1) is 34.4. The number of rotatable bonds is 20. The van der Waals surface area contributed by atoms with Gasteiger partial charge in [0.05, 0.1) is 39.6 Å². The van der Waals surface area contributed by atoms with Gasteiger partial charge in [-0.2, -0.15) is 0 Å². The van der Waals surface area contributed by atoms with E-state index >= 15 is 0 Å². The Bertz CT molecular complexity index is 717. The van der Waals surface area contributed by atoms with E-state index in [1.165, 1.54) is 11.9 Å². The van der Waals surface area contributed by atoms with E-state index < -0.39 is 32.1 Å². The van der Waals surface area contributed by atoms with Crippen LogP contribution in [0, 0.1) is 0 Å². The van der Waals surface area contributed by atoms with Gasteiger partial charge < -0.3 is 34.7 Å². The quantitative estimate of drug-likeness (QED) is 0.0724. The van der Waals surface area contributed by atoms with E-state index in [9.17, 15) is 24.1 Å². The van der Waals surface area contributed by atoms with Crippen LogP contribution in [0.1, 0.15) is 65.7 Å². The van der Waals surface area contributed by atoms with Crippen LogP contribution in [0.5, 0.6) is 0 Å². The molecule has 37 heavy (non-hydrogen) atoms. The maximum absolute atomic E-state index is 13.3. The minimum absolute atomic E-state index is 0.0475. The molecule has 0 rings (SSSR count). The highest BCUT2D eigenvalue weighted by Crippen LogP contribution is 2.50. The van der Waals surface area contributed by atoms with Crippen molar-refractivity contribution in [3.05, 3.63) is 0 Å². The summed E-state index contributed by atoms with van der Waals surface area (Å²) >= 11 is 0. The molecule has 0 amide bonds. The summed E-state index contributed by atoms with van der Waals surface area (Å²) in [5.41, 5.74) is 5.98. The maximum atomic E-state index is 13.3. The lowest BCUT2D eigenvalue weighted by atomic mass is 10.1. The molecule has 15 heteroatoms. The number of carbonyl (C=O) groups excluding carboxylic acids is 2. The maximum Gasteiger partial charge on any atom is 0.508 e. The summed E-state index contributed by atoms with van der Waals surface area (Å²) in [5, 5.41) is 9.54. The van der Waals surface area contributed by atoms with Gasteiger partial charge in [0.15, 0.2) is 0 Å². The number of ether oxygens (including phenoxy) is 4. The largest absolute Gasteiger partial charge is 0.508 e. The van der Waals surface area contributed by atoms with Gasteiger partial charge in [0.2, 0.25) is 5.96 Å². The first-order chi connectivity index (χ1) is 17.6. The average Bonchev–Trinajstić information content (AvgIpc) is 2.83. The normalized spacial score (nSPS) is 12.5. The molecular weight excluding hydrogens is 513 g/mol. The predicted molar refractivity (Wildman–Crippen MR) is 134 cm³/mol. The summed E-state index contributed by atoms with van der Waals surface area (Å²) in [6.07, 6.45) is 1.74. The molecule has 0 heterocycles. The zero-order valence-corrected chi connectivity index (χ0v) is 23.1. The fourth-order valence-electron chi connectivity index (χ4n) is 2.73. The van der Waals surface area contributed by atoms with Crippen molar-refractivity contribution in [1.82, 2.24) is 4.90 Å². The number of guanidine groups is 1. The summed E-state index contributed by atoms with van der Waals surface area (Å²) in [7, 11) is -2.68. The molecule has 0 aromatic rings. The Morgan fingerprint density at radius 2 is 1.30 bits per heavy atom. The van der Waals surface area contributed by atoms with Gasteiger partial charge in [-0.1, -0.05) is 19.8 Å². The van der Waals surface area contributed by atoms with Crippen LogP contribution in [-0.2, 0) is 37.4 Å². The molecule has 0 saturated carbocycles. The van der Waals surface area contributed by atoms with Gasteiger partial charge in [0.25, 0.3) is 0 Å². The molecule has 0 fully saturated rings. The van der Waals surface area contributed by atoms with Crippen LogP contribution < -0.4 is 5.73 Å². The molecule has 3 N–H and O–H groups in total. The third-order valence-corrected chi connectivity index (χ3v) is 6.19. The molecule has 1 atom stereocenters. The highest BCUT2D eigenvalue weighted by Gasteiger charge is 2.29. The number of nitrogens with two attached hydrogens (primary N) is 1. The minimum Gasteiger partial charge on any atom is -0.480 e. The number of carboxylic acids is 1. The highest BCUT2D eigenvalue weighted by molar-refractivity contribution is 7.52. The highest BCUT2D eigenvalue weighted by atomic mass is 31.2. The number of hydrogen-bond donors (Lipinski definition) is 2. The van der Waals surface area contributed by atoms with Gasteiger partial charge in [-0.3, -0.25) is 9.05 Å². The Balaban J connectivity index is 5.05. The standard InChI is InChI=1S/C22H42N3O11P/c1-5-8-13-18(19(26)27)25(4)20(23)24-37(30,35-16-11-9-14-33-21(28)31-6-2)36-17-12-10-15-34-22(29)32-7-3/h18H,5-17H2,1-4H3,(H,26,27)(H2,23,24,30). The fourth-order valence-corrected chi connectivity index (χ4v) is 4.03. The number of unbranched alkanes of at least 4 members (excludes halogenated alkanes) is 3. The van der Waals surface area contributed by atoms with Crippen molar-refractivity contribution < 1.29 is 52.1 Å². The van der Waals surface area contributed by atoms with Crippen molar-refractivity contribution in [1.29, 1.82) is 0 Å². The monoisotopic (exact) mass is 555 g/mol. The second kappa shape index (κ2) is 20.5. The third kappa shape index (κ3) is 16.7. The van der Waals surface area contributed by atoms with Crippen LogP contribution in [-0.4, -0.2) is 87.0 Å². The molecule has 0 aromatic heterocycles. The van der Waals surface area contributed by atoms with Gasteiger partial charge in [0.1, 0.15) is 6.04 Å². The molecule has 0 spiro atoms. The smallest absolute Gasteiger partial charge is 0.480 e. The number of aliphatic carboxylic acids is 1. The Morgan fingerprint density at radius 1 is 0.838 bits per heavy atom. The molecule has 14 nitrogen and oxygen atoms in total. The third-order valence-electron chi connectivity index (χ3n) is 4.72. The van der Waals surface area contributed by atoms with Crippen LogP contribution in [0.4, 0.5) is 9.59 Å². The van der Waals surface area contributed by atoms with Crippen LogP contribution in [0.3, 0.4) is 0 Å². The summed E-state index contributed by atoms with van der Waals surface area (Å²) in [5.74, 6) is -1.39. The van der Waals surface area contributed by atoms with Gasteiger partial charge in [-0.15, -0.1) is 4.76 Å². The fraction of sp³-hybridized carbons (Fsp3) is 0.818. The Morgan fingerprint density at radius 3 is 1.70 bits per heavy atom. The van der Waals surface area contributed by atoms with Crippen molar-refractivity contribution in [3.8, 4) is 0 Å². The molecule has 0 aliphatic rings. The van der Waals surface area contributed by atoms with E-state index in [2.05, 4.69) is 14.2 Å². The van der Waals surface area contributed by atoms with Crippen molar-refractivity contribution in [3.63, 3.8) is 0 Å². The second-order valence-corrected chi connectivity index (χ2v) is 9.33. The average molecular weight is 556 g/mol. The van der Waals surface area contributed by atoms with E-state index in [1.807, 2.05) is 6.92 Å². The lowest BCUT2D eigenvalue weighted by Crippen LogP contribution is -2.46. The summed E-state index contributed by atoms with van der Waals surface area (Å²) < 4.78 is 47.1. The second-order valence-electron chi connectivity index (χ2n) is 7.68. The van der Waals surface area contributed by atoms with Gasteiger partial charge in [-0.25, -0.2) is 18.9 Å². The Labute approximate surface area is 218 Å². The number of hydrogen-bond acceptors (Lipinski definition) is 10. The summed E-state index contributed by atoms with van der Waals surface area (Å²) in [4.78, 5) is 35.3. The minimum atomic E-state index is -4.12. The Kier molecular flexibility index (Phi) is 19.1. The number of carboxylic acid groups (broad SMARTS) is 1. The van der Waals surface area contributed by atoms with Gasteiger partial charge in [0, 0.05) is 7.05 Å². The van der Waals surface area contributed by atoms with E-state index in [-0.39, 0.29) is 45.6 Å². The summed E-state index contributed by atoms with van der Waals surface area (Å²) in [6.45, 7) is 5.72. The van der Waals surface area contributed by atoms with E-state index in [0.29, 0.717) is 38.5 Å². The first-order valence-corrected chi connectivity index (χ1v) is 13.9. The van der Waals surface area contributed by atoms with Crippen LogP contribution in [0.15, 0.2) is 4.76 Å². The van der Waals surface area contributed by atoms with Crippen molar-refractivity contribution in [2.24, 2.45) is 10.5 Å². The van der Waals surface area contributed by atoms with Crippen molar-refractivity contribution in [2.45, 2.75) is 71.8 Å². The van der Waals surface area contributed by atoms with E-state index in [1.54, 1.807) is 13.8 Å². The molecule has 0 saturated heterocycles. The molecule has 1 unspecified atom stereocenters. The van der Waals surface area contributed by atoms with Crippen LogP contribution >= 0.6 is 7.75 Å². The molecule has 0 aliphatic heterocycles. The number of carbonyl (C=O) groups is 3. The SMILES string of the molecule is CCCCC(C(=O)O)N(C)C(N)=NP(=O)(OCCCCOC(=O)OCC)OCCCCOC(=O)OCC. The Hall–Kier alpha value is -2.57. The molecule has 0 aromatic carbocycles. The molecular formula is C22H42N3O11P. The van der Waals surface area contributed by atoms with Crippen LogP contribution in [0.25, 0.3) is 0 Å². The summed E-state index contributed by atoms with van der Waals surface area (Å²) in [6, 6.07) is -0.961. The zero-order chi connectivity index (χ0) is 28.1. The van der Waals surface area contributed by atoms with Gasteiger partial charge >= 0.3 is 26.0 Å². The zero-order valence-electron chi connectivity index (χ0n) is 22.2. The van der Waals surface area contributed by atoms with Gasteiger partial charge in [-0.05, 0) is 46.0 Å². The lowest BCUT2D eigenvalue weighted by molar-refractivity contribution is -0.141. The van der Waals surface area contributed by atoms with Crippen molar-refractivity contribution >= 4 is 32.0 Å². The van der Waals surface area contributed by atoms with Crippen LogP contribution in [0.2, 0.25) is 0 Å². The number of likely N-dealkylation sites (N-methyl/N-ethyl adjacent to an activating group) is 1. The predicted octanol–water partition coefficient (Wildman–Crippen LogP) is 3.92. The topological polar surface area (TPSA) is 186 Å². The van der Waals surface area contributed by atoms with E-state index in [4.69, 9.17) is 24.3 Å². The van der Waals surface area contributed by atoms with Crippen molar-refractivity contribution in [2.75, 3.05) is 46.7 Å². The molecule has 216 valence electrons. The lowest BCUT2D eigenvalue weighted by Gasteiger charge is -2.26. The molecule has 0 bridgehead atoms. The first-order valence-electron chi connectivity index (χ1n) is 12.4. The van der Waals surface area contributed by atoms with E-state index in [0.717, 1.165) is 6.42 Å². The molecule has 0 aliphatic carbocycles. The number of nitrogens with zero attached hydrogens (tertiary/aromatic N) is 2.